The lowest BCUT2D eigenvalue weighted by Crippen LogP contribution is -2.38. The van der Waals surface area contributed by atoms with Crippen molar-refractivity contribution in [3.63, 3.8) is 0 Å². The average Bonchev–Trinajstić information content (AvgIpc) is 3.39. The predicted molar refractivity (Wildman–Crippen MR) is 87.9 cm³/mol. The largest absolute Gasteiger partial charge is 0.344 e. The molecule has 0 spiro atoms. The van der Waals surface area contributed by atoms with Crippen molar-refractivity contribution < 1.29 is 13.6 Å². The molecule has 0 radical (unpaired) electrons. The molecular formula is C17H15F2N5O. The molecule has 2 aromatic rings. The van der Waals surface area contributed by atoms with E-state index in [-0.39, 0.29) is 11.7 Å². The highest BCUT2D eigenvalue weighted by Gasteiger charge is 2.52. The van der Waals surface area contributed by atoms with Crippen molar-refractivity contribution in [3.05, 3.63) is 66.3 Å². The summed E-state index contributed by atoms with van der Waals surface area (Å²) in [5.74, 6) is -1.75. The lowest BCUT2D eigenvalue weighted by molar-refractivity contribution is -0.122. The van der Waals surface area contributed by atoms with Gasteiger partial charge in [-0.25, -0.2) is 18.7 Å². The Kier molecular flexibility index (Phi) is 4.51. The third-order valence-electron chi connectivity index (χ3n) is 3.96. The number of nitrogens with zero attached hydrogens (tertiary/aromatic N) is 2. The standard InChI is InChI=1S/C17H15F2N5O/c18-12-4-2-1-3-11(12)17(6-7-17)16(25)24-14(20)5-8-22-15-13(19)9-21-10-23-15/h1-5,8-10H,6-7H2,(H2,20,24,25)(H,21,22,23)/b8-5-. The molecule has 1 aliphatic rings. The second-order valence-electron chi connectivity index (χ2n) is 5.63. The van der Waals surface area contributed by atoms with Crippen LogP contribution in [0.3, 0.4) is 0 Å². The first-order valence-corrected chi connectivity index (χ1v) is 7.56. The van der Waals surface area contributed by atoms with Gasteiger partial charge in [-0.15, -0.1) is 0 Å². The first kappa shape index (κ1) is 16.7. The van der Waals surface area contributed by atoms with Gasteiger partial charge in [0, 0.05) is 11.8 Å². The Hall–Kier alpha value is -3.16. The van der Waals surface area contributed by atoms with Crippen molar-refractivity contribution in [1.82, 2.24) is 15.3 Å². The Labute approximate surface area is 142 Å². The molecule has 0 bridgehead atoms. The fraction of sp³-hybridized carbons (Fsp3) is 0.176. The van der Waals surface area contributed by atoms with Crippen LogP contribution in [0.5, 0.6) is 0 Å². The maximum Gasteiger partial charge on any atom is 0.236 e. The quantitative estimate of drug-likeness (QED) is 0.575. The molecule has 1 saturated carbocycles. The molecule has 0 unspecified atom stereocenters. The van der Waals surface area contributed by atoms with Gasteiger partial charge in [0.1, 0.15) is 18.0 Å². The van der Waals surface area contributed by atoms with Gasteiger partial charge in [0.25, 0.3) is 0 Å². The fourth-order valence-corrected chi connectivity index (χ4v) is 2.50. The number of hydrogen-bond acceptors (Lipinski definition) is 5. The van der Waals surface area contributed by atoms with Gasteiger partial charge in [-0.05, 0) is 25.0 Å². The molecule has 8 heteroatoms. The highest BCUT2D eigenvalue weighted by Crippen LogP contribution is 2.49. The van der Waals surface area contributed by atoms with Crippen molar-refractivity contribution in [3.8, 4) is 0 Å². The molecule has 0 saturated heterocycles. The van der Waals surface area contributed by atoms with E-state index in [0.717, 1.165) is 6.20 Å². The van der Waals surface area contributed by atoms with E-state index in [0.29, 0.717) is 18.4 Å². The van der Waals surface area contributed by atoms with Gasteiger partial charge >= 0.3 is 0 Å². The smallest absolute Gasteiger partial charge is 0.236 e. The number of anilines is 1. The summed E-state index contributed by atoms with van der Waals surface area (Å²) in [7, 11) is 0. The monoisotopic (exact) mass is 343 g/mol. The van der Waals surface area contributed by atoms with Crippen molar-refractivity contribution in [2.45, 2.75) is 18.3 Å². The summed E-state index contributed by atoms with van der Waals surface area (Å²) < 4.78 is 27.3. The zero-order valence-corrected chi connectivity index (χ0v) is 13.1. The van der Waals surface area contributed by atoms with Gasteiger partial charge in [0.2, 0.25) is 5.91 Å². The minimum absolute atomic E-state index is 0.0459. The number of carbonyl (C=O) groups excluding carboxylic acids is 1. The number of halogens is 2. The van der Waals surface area contributed by atoms with Crippen molar-refractivity contribution in [2.24, 2.45) is 0 Å². The van der Waals surface area contributed by atoms with E-state index in [1.54, 1.807) is 18.2 Å². The molecule has 25 heavy (non-hydrogen) atoms. The molecule has 6 nitrogen and oxygen atoms in total. The maximum atomic E-state index is 13.9. The van der Waals surface area contributed by atoms with Crippen molar-refractivity contribution in [1.29, 1.82) is 5.41 Å². The van der Waals surface area contributed by atoms with E-state index in [9.17, 15) is 13.6 Å². The van der Waals surface area contributed by atoms with Crippen LogP contribution in [0.1, 0.15) is 18.4 Å². The zero-order chi connectivity index (χ0) is 17.9. The number of carbonyl (C=O) groups is 1. The number of amidine groups is 1. The third kappa shape index (κ3) is 3.52. The van der Waals surface area contributed by atoms with Gasteiger partial charge in [0.15, 0.2) is 11.6 Å². The number of benzene rings is 1. The molecule has 1 aliphatic carbocycles. The lowest BCUT2D eigenvalue weighted by atomic mass is 9.94. The van der Waals surface area contributed by atoms with Crippen LogP contribution in [0.15, 0.2) is 49.1 Å². The molecular weight excluding hydrogens is 328 g/mol. The lowest BCUT2D eigenvalue weighted by Gasteiger charge is -2.15. The Bertz CT molecular complexity index is 848. The van der Waals surface area contributed by atoms with E-state index in [1.165, 1.54) is 24.7 Å². The Balaban J connectivity index is 1.62. The number of rotatable bonds is 5. The molecule has 128 valence electrons. The molecule has 0 atom stereocenters. The van der Waals surface area contributed by atoms with E-state index >= 15 is 0 Å². The predicted octanol–water partition coefficient (Wildman–Crippen LogP) is 2.51. The van der Waals surface area contributed by atoms with Gasteiger partial charge in [-0.1, -0.05) is 18.2 Å². The van der Waals surface area contributed by atoms with Crippen LogP contribution in [0.25, 0.3) is 0 Å². The molecule has 1 amide bonds. The second kappa shape index (κ2) is 6.76. The normalized spacial score (nSPS) is 15.0. The number of hydrogen-bond donors (Lipinski definition) is 3. The van der Waals surface area contributed by atoms with Gasteiger partial charge < -0.3 is 10.6 Å². The molecule has 1 heterocycles. The number of amides is 1. The molecule has 3 rings (SSSR count). The minimum Gasteiger partial charge on any atom is -0.344 e. The first-order valence-electron chi connectivity index (χ1n) is 7.56. The van der Waals surface area contributed by atoms with E-state index < -0.39 is 23.0 Å². The maximum absolute atomic E-state index is 13.9. The summed E-state index contributed by atoms with van der Waals surface area (Å²) in [6.45, 7) is 0. The Morgan fingerprint density at radius 2 is 2.00 bits per heavy atom. The summed E-state index contributed by atoms with van der Waals surface area (Å²) in [6, 6.07) is 6.14. The zero-order valence-electron chi connectivity index (χ0n) is 13.1. The van der Waals surface area contributed by atoms with E-state index in [2.05, 4.69) is 20.6 Å². The van der Waals surface area contributed by atoms with Gasteiger partial charge in [0.05, 0.1) is 11.6 Å². The van der Waals surface area contributed by atoms with Gasteiger partial charge in [-0.2, -0.15) is 0 Å². The van der Waals surface area contributed by atoms with Crippen LogP contribution in [0.2, 0.25) is 0 Å². The van der Waals surface area contributed by atoms with Crippen LogP contribution < -0.4 is 10.6 Å². The molecule has 1 fully saturated rings. The van der Waals surface area contributed by atoms with Crippen LogP contribution in [0, 0.1) is 17.0 Å². The first-order chi connectivity index (χ1) is 12.0. The third-order valence-corrected chi connectivity index (χ3v) is 3.96. The molecule has 1 aromatic carbocycles. The summed E-state index contributed by atoms with van der Waals surface area (Å²) in [4.78, 5) is 19.6. The minimum atomic E-state index is -0.919. The summed E-state index contributed by atoms with van der Waals surface area (Å²) in [5, 5.41) is 12.8. The van der Waals surface area contributed by atoms with Crippen molar-refractivity contribution >= 4 is 17.6 Å². The van der Waals surface area contributed by atoms with Crippen LogP contribution >= 0.6 is 0 Å². The summed E-state index contributed by atoms with van der Waals surface area (Å²) >= 11 is 0. The second-order valence-corrected chi connectivity index (χ2v) is 5.63. The van der Waals surface area contributed by atoms with Crippen LogP contribution in [0.4, 0.5) is 14.6 Å². The molecule has 3 N–H and O–H groups in total. The van der Waals surface area contributed by atoms with Crippen molar-refractivity contribution in [2.75, 3.05) is 5.32 Å². The topological polar surface area (TPSA) is 90.8 Å². The van der Waals surface area contributed by atoms with Crippen LogP contribution in [-0.2, 0) is 10.2 Å². The van der Waals surface area contributed by atoms with Gasteiger partial charge in [-0.3, -0.25) is 10.2 Å². The SMILES string of the molecule is N=C(/C=C\Nc1ncncc1F)NC(=O)C1(c2ccccc2F)CC1. The average molecular weight is 343 g/mol. The highest BCUT2D eigenvalue weighted by molar-refractivity contribution is 6.07. The van der Waals surface area contributed by atoms with E-state index in [1.807, 2.05) is 0 Å². The number of nitrogens with one attached hydrogen (secondary N) is 3. The summed E-state index contributed by atoms with van der Waals surface area (Å²) in [5.41, 5.74) is -0.581. The van der Waals surface area contributed by atoms with E-state index in [4.69, 9.17) is 5.41 Å². The molecule has 1 aromatic heterocycles. The highest BCUT2D eigenvalue weighted by atomic mass is 19.1. The molecule has 0 aliphatic heterocycles. The Morgan fingerprint density at radius 1 is 1.24 bits per heavy atom. The number of aromatic nitrogens is 2. The van der Waals surface area contributed by atoms with Crippen LogP contribution in [-0.4, -0.2) is 21.7 Å². The summed E-state index contributed by atoms with van der Waals surface area (Å²) in [6.07, 6.45) is 5.76. The fourth-order valence-electron chi connectivity index (χ4n) is 2.50. The Morgan fingerprint density at radius 3 is 2.68 bits per heavy atom.